The number of hydrogen-bond donors (Lipinski definition) is 2. The fourth-order valence-corrected chi connectivity index (χ4v) is 2.91. The van der Waals surface area contributed by atoms with Crippen molar-refractivity contribution in [2.75, 3.05) is 12.4 Å². The molecule has 5 nitrogen and oxygen atoms in total. The minimum Gasteiger partial charge on any atom is -0.495 e. The Morgan fingerprint density at radius 2 is 1.89 bits per heavy atom. The van der Waals surface area contributed by atoms with E-state index in [1.165, 1.54) is 31.4 Å². The number of benzene rings is 2. The molecule has 0 radical (unpaired) electrons. The lowest BCUT2D eigenvalue weighted by Crippen LogP contribution is -2.27. The zero-order valence-corrected chi connectivity index (χ0v) is 16.8. The summed E-state index contributed by atoms with van der Waals surface area (Å²) in [5.74, 6) is -0.521. The van der Waals surface area contributed by atoms with Crippen LogP contribution in [0.1, 0.15) is 38.0 Å². The second kappa shape index (κ2) is 8.33. The first-order valence-corrected chi connectivity index (χ1v) is 8.78. The predicted molar refractivity (Wildman–Crippen MR) is 103 cm³/mol. The molecule has 2 aromatic rings. The van der Waals surface area contributed by atoms with Crippen molar-refractivity contribution in [3.8, 4) is 5.75 Å². The molecule has 27 heavy (non-hydrogen) atoms. The summed E-state index contributed by atoms with van der Waals surface area (Å²) in [5, 5.41) is 13.5. The van der Waals surface area contributed by atoms with Crippen LogP contribution in [0, 0.1) is 5.82 Å². The molecule has 0 heterocycles. The van der Waals surface area contributed by atoms with Crippen LogP contribution in [0.3, 0.4) is 0 Å². The highest BCUT2D eigenvalue weighted by Gasteiger charge is 2.25. The monoisotopic (exact) mass is 415 g/mol. The third-order valence-electron chi connectivity index (χ3n) is 3.53. The Morgan fingerprint density at radius 3 is 2.48 bits per heavy atom. The second-order valence-corrected chi connectivity index (χ2v) is 7.55. The third-order valence-corrected chi connectivity index (χ3v) is 4.15. The Kier molecular flexibility index (Phi) is 6.57. The maximum absolute atomic E-state index is 14.4. The molecule has 2 N–H and O–H groups in total. The van der Waals surface area contributed by atoms with Gasteiger partial charge >= 0.3 is 6.09 Å². The first-order chi connectivity index (χ1) is 12.5. The van der Waals surface area contributed by atoms with Gasteiger partial charge in [-0.05, 0) is 51.1 Å². The molecule has 2 aromatic carbocycles. The van der Waals surface area contributed by atoms with Crippen LogP contribution < -0.4 is 10.1 Å². The van der Waals surface area contributed by atoms with Crippen molar-refractivity contribution in [1.82, 2.24) is 0 Å². The van der Waals surface area contributed by atoms with E-state index in [0.29, 0.717) is 5.02 Å². The van der Waals surface area contributed by atoms with Gasteiger partial charge in [0.25, 0.3) is 0 Å². The van der Waals surface area contributed by atoms with Crippen molar-refractivity contribution in [1.29, 1.82) is 0 Å². The molecule has 1 unspecified atom stereocenters. The van der Waals surface area contributed by atoms with Crippen LogP contribution in [-0.4, -0.2) is 23.9 Å². The molecule has 0 aliphatic carbocycles. The van der Waals surface area contributed by atoms with Crippen molar-refractivity contribution >= 4 is 35.0 Å². The molecule has 1 atom stereocenters. The molecule has 0 spiro atoms. The van der Waals surface area contributed by atoms with Gasteiger partial charge in [-0.1, -0.05) is 23.2 Å². The molecule has 1 amide bonds. The number of halogens is 3. The zero-order valence-electron chi connectivity index (χ0n) is 15.3. The molecule has 0 saturated heterocycles. The van der Waals surface area contributed by atoms with Crippen LogP contribution in [0.25, 0.3) is 0 Å². The smallest absolute Gasteiger partial charge is 0.412 e. The van der Waals surface area contributed by atoms with Crippen molar-refractivity contribution in [3.63, 3.8) is 0 Å². The normalized spacial score (nSPS) is 12.4. The number of rotatable bonds is 4. The van der Waals surface area contributed by atoms with E-state index in [9.17, 15) is 14.3 Å². The van der Waals surface area contributed by atoms with Gasteiger partial charge in [0, 0.05) is 16.1 Å². The van der Waals surface area contributed by atoms with Gasteiger partial charge in [0.05, 0.1) is 17.8 Å². The van der Waals surface area contributed by atoms with Crippen molar-refractivity contribution in [3.05, 3.63) is 57.3 Å². The fourth-order valence-electron chi connectivity index (χ4n) is 2.40. The average Bonchev–Trinajstić information content (AvgIpc) is 2.55. The number of carbonyl (C=O) groups excluding carboxylic acids is 1. The number of aliphatic hydroxyl groups excluding tert-OH is 1. The Balaban J connectivity index is 2.47. The zero-order chi connectivity index (χ0) is 20.4. The highest BCUT2D eigenvalue weighted by atomic mass is 35.5. The molecular weight excluding hydrogens is 396 g/mol. The van der Waals surface area contributed by atoms with Crippen LogP contribution in [0.2, 0.25) is 10.0 Å². The van der Waals surface area contributed by atoms with E-state index >= 15 is 0 Å². The Morgan fingerprint density at radius 1 is 1.22 bits per heavy atom. The van der Waals surface area contributed by atoms with Crippen LogP contribution in [0.15, 0.2) is 30.3 Å². The molecule has 146 valence electrons. The lowest BCUT2D eigenvalue weighted by atomic mass is 9.99. The number of amides is 1. The van der Waals surface area contributed by atoms with Crippen LogP contribution in [0.5, 0.6) is 5.75 Å². The van der Waals surface area contributed by atoms with Gasteiger partial charge in [0.1, 0.15) is 23.3 Å². The Bertz CT molecular complexity index is 852. The summed E-state index contributed by atoms with van der Waals surface area (Å²) in [4.78, 5) is 12.1. The van der Waals surface area contributed by atoms with E-state index in [1.807, 2.05) is 0 Å². The molecule has 0 bridgehead atoms. The van der Waals surface area contributed by atoms with E-state index < -0.39 is 23.6 Å². The fraction of sp³-hybridized carbons (Fsp3) is 0.316. The van der Waals surface area contributed by atoms with Crippen LogP contribution in [-0.2, 0) is 4.74 Å². The topological polar surface area (TPSA) is 67.8 Å². The maximum Gasteiger partial charge on any atom is 0.412 e. The van der Waals surface area contributed by atoms with Gasteiger partial charge in [-0.3, -0.25) is 5.32 Å². The summed E-state index contributed by atoms with van der Waals surface area (Å²) in [6, 6.07) is 6.90. The van der Waals surface area contributed by atoms with Gasteiger partial charge < -0.3 is 14.6 Å². The summed E-state index contributed by atoms with van der Waals surface area (Å²) in [6.45, 7) is 5.15. The summed E-state index contributed by atoms with van der Waals surface area (Å²) in [7, 11) is 1.38. The van der Waals surface area contributed by atoms with E-state index in [4.69, 9.17) is 32.7 Å². The van der Waals surface area contributed by atoms with Gasteiger partial charge in [-0.2, -0.15) is 0 Å². The van der Waals surface area contributed by atoms with Crippen molar-refractivity contribution < 1.29 is 23.8 Å². The quantitative estimate of drug-likeness (QED) is 0.684. The summed E-state index contributed by atoms with van der Waals surface area (Å²) >= 11 is 12.2. The van der Waals surface area contributed by atoms with Crippen LogP contribution >= 0.6 is 23.2 Å². The molecule has 0 fully saturated rings. The van der Waals surface area contributed by atoms with Gasteiger partial charge in [-0.25, -0.2) is 9.18 Å². The highest BCUT2D eigenvalue weighted by Crippen LogP contribution is 2.39. The first kappa shape index (κ1) is 21.3. The van der Waals surface area contributed by atoms with Gasteiger partial charge in [0.15, 0.2) is 0 Å². The molecule has 0 aliphatic heterocycles. The van der Waals surface area contributed by atoms with Gasteiger partial charge in [0.2, 0.25) is 0 Å². The average molecular weight is 416 g/mol. The predicted octanol–water partition coefficient (Wildman–Crippen LogP) is 5.57. The molecule has 0 aromatic heterocycles. The number of methoxy groups -OCH3 is 1. The number of carbonyl (C=O) groups is 1. The van der Waals surface area contributed by atoms with Crippen molar-refractivity contribution in [2.45, 2.75) is 32.5 Å². The Hall–Kier alpha value is -2.02. The van der Waals surface area contributed by atoms with Crippen LogP contribution in [0.4, 0.5) is 14.9 Å². The summed E-state index contributed by atoms with van der Waals surface area (Å²) in [5.41, 5.74) is -0.537. The SMILES string of the molecule is COc1ccc(F)c(C(O)c2cc(Cl)ccc2NC(=O)OC(C)(C)C)c1Cl. The first-order valence-electron chi connectivity index (χ1n) is 8.03. The van der Waals surface area contributed by atoms with Gasteiger partial charge in [-0.15, -0.1) is 0 Å². The second-order valence-electron chi connectivity index (χ2n) is 6.74. The van der Waals surface area contributed by atoms with E-state index in [2.05, 4.69) is 5.32 Å². The molecule has 8 heteroatoms. The minimum absolute atomic E-state index is 0.0757. The highest BCUT2D eigenvalue weighted by molar-refractivity contribution is 6.33. The standard InChI is InChI=1S/C19H20Cl2FNO4/c1-19(2,3)27-18(25)23-13-7-5-10(20)9-11(13)17(24)15-12(22)6-8-14(26-4)16(15)21/h5-9,17,24H,1-4H3,(H,23,25). The maximum atomic E-state index is 14.4. The number of hydrogen-bond acceptors (Lipinski definition) is 4. The largest absolute Gasteiger partial charge is 0.495 e. The Labute approximate surface area is 167 Å². The number of anilines is 1. The summed E-state index contributed by atoms with van der Waals surface area (Å²) in [6.07, 6.45) is -2.23. The molecule has 2 rings (SSSR count). The molecule has 0 aliphatic rings. The third kappa shape index (κ3) is 5.25. The van der Waals surface area contributed by atoms with E-state index in [-0.39, 0.29) is 27.6 Å². The summed E-state index contributed by atoms with van der Waals surface area (Å²) < 4.78 is 24.7. The van der Waals surface area contributed by atoms with Crippen molar-refractivity contribution in [2.24, 2.45) is 0 Å². The number of aliphatic hydroxyl groups is 1. The minimum atomic E-state index is -1.50. The molecule has 0 saturated carbocycles. The number of nitrogens with one attached hydrogen (secondary N) is 1. The lowest BCUT2D eigenvalue weighted by Gasteiger charge is -2.22. The molecular formula is C19H20Cl2FNO4. The van der Waals surface area contributed by atoms with E-state index in [1.54, 1.807) is 20.8 Å². The number of ether oxygens (including phenoxy) is 2. The van der Waals surface area contributed by atoms with E-state index in [0.717, 1.165) is 6.07 Å². The lowest BCUT2D eigenvalue weighted by molar-refractivity contribution is 0.0635.